The molecule has 16 heavy (non-hydrogen) atoms. The molecule has 1 fully saturated rings. The van der Waals surface area contributed by atoms with Gasteiger partial charge in [0.1, 0.15) is 0 Å². The Kier molecular flexibility index (Phi) is 5.60. The van der Waals surface area contributed by atoms with E-state index < -0.39 is 0 Å². The fourth-order valence-electron chi connectivity index (χ4n) is 2.53. The van der Waals surface area contributed by atoms with Crippen LogP contribution in [0.5, 0.6) is 0 Å². The molecule has 0 spiro atoms. The fraction of sp³-hybridized carbons (Fsp3) is 0.923. The first-order valence-corrected chi connectivity index (χ1v) is 6.96. The highest BCUT2D eigenvalue weighted by molar-refractivity contribution is 6.19. The van der Waals surface area contributed by atoms with E-state index in [1.807, 2.05) is 6.92 Å². The van der Waals surface area contributed by atoms with Crippen molar-refractivity contribution < 1.29 is 4.79 Å². The molecule has 0 aromatic carbocycles. The minimum atomic E-state index is -0.0728. The van der Waals surface area contributed by atoms with Gasteiger partial charge in [-0.1, -0.05) is 33.6 Å². The van der Waals surface area contributed by atoms with Crippen molar-refractivity contribution in [2.24, 2.45) is 17.8 Å². The first-order valence-electron chi connectivity index (χ1n) is 6.42. The summed E-state index contributed by atoms with van der Waals surface area (Å²) in [5.41, 5.74) is 0. The second kappa shape index (κ2) is 6.48. The molecule has 0 aromatic heterocycles. The van der Waals surface area contributed by atoms with Gasteiger partial charge in [0, 0.05) is 17.8 Å². The molecule has 0 radical (unpaired) electrons. The Morgan fingerprint density at radius 2 is 1.94 bits per heavy atom. The fourth-order valence-corrected chi connectivity index (χ4v) is 2.67. The molecule has 94 valence electrons. The number of carbonyl (C=O) groups excluding carboxylic acids is 1. The van der Waals surface area contributed by atoms with Crippen molar-refractivity contribution in [2.75, 3.05) is 5.88 Å². The number of hydrogen-bond acceptors (Lipinski definition) is 1. The van der Waals surface area contributed by atoms with Gasteiger partial charge in [0.2, 0.25) is 5.91 Å². The Balaban J connectivity index is 2.52. The molecular weight excluding hydrogens is 222 g/mol. The van der Waals surface area contributed by atoms with Gasteiger partial charge in [-0.05, 0) is 24.7 Å². The molecule has 1 rings (SSSR count). The summed E-state index contributed by atoms with van der Waals surface area (Å²) in [6.07, 6.45) is 4.92. The monoisotopic (exact) mass is 245 g/mol. The number of carbonyl (C=O) groups is 1. The zero-order valence-electron chi connectivity index (χ0n) is 10.6. The summed E-state index contributed by atoms with van der Waals surface area (Å²) in [7, 11) is 0. The molecule has 3 atom stereocenters. The first-order chi connectivity index (χ1) is 7.56. The molecule has 0 heterocycles. The molecule has 1 aliphatic carbocycles. The normalized spacial score (nSPS) is 27.8. The molecule has 1 amide bonds. The summed E-state index contributed by atoms with van der Waals surface area (Å²) in [5, 5.41) is 3.18. The summed E-state index contributed by atoms with van der Waals surface area (Å²) in [6.45, 7) is 6.38. The Hall–Kier alpha value is -0.240. The van der Waals surface area contributed by atoms with Crippen LogP contribution in [0.2, 0.25) is 0 Å². The highest BCUT2D eigenvalue weighted by Gasteiger charge is 2.29. The van der Waals surface area contributed by atoms with Crippen LogP contribution in [0.1, 0.15) is 46.5 Å². The van der Waals surface area contributed by atoms with Crippen molar-refractivity contribution in [1.82, 2.24) is 5.32 Å². The van der Waals surface area contributed by atoms with Crippen molar-refractivity contribution in [1.29, 1.82) is 0 Å². The number of amides is 1. The van der Waals surface area contributed by atoms with Crippen LogP contribution in [0.25, 0.3) is 0 Å². The largest absolute Gasteiger partial charge is 0.353 e. The summed E-state index contributed by atoms with van der Waals surface area (Å²) in [6, 6.07) is 0.368. The van der Waals surface area contributed by atoms with E-state index in [1.54, 1.807) is 0 Å². The maximum Gasteiger partial charge on any atom is 0.224 e. The van der Waals surface area contributed by atoms with E-state index in [2.05, 4.69) is 19.2 Å². The standard InChI is InChI=1S/C13H24ClNO/c1-9(2)11-6-4-5-7-12(11)15-13(16)10(3)8-14/h9-12H,4-8H2,1-3H3,(H,15,16). The highest BCUT2D eigenvalue weighted by Crippen LogP contribution is 2.30. The van der Waals surface area contributed by atoms with Crippen LogP contribution in [0, 0.1) is 17.8 Å². The first kappa shape index (κ1) is 13.8. The van der Waals surface area contributed by atoms with Gasteiger partial charge in [0.25, 0.3) is 0 Å². The van der Waals surface area contributed by atoms with Crippen molar-refractivity contribution >= 4 is 17.5 Å². The van der Waals surface area contributed by atoms with Gasteiger partial charge in [-0.25, -0.2) is 0 Å². The molecule has 1 N–H and O–H groups in total. The number of rotatable bonds is 4. The summed E-state index contributed by atoms with van der Waals surface area (Å²) < 4.78 is 0. The van der Waals surface area contributed by atoms with E-state index in [9.17, 15) is 4.79 Å². The molecule has 3 heteroatoms. The zero-order chi connectivity index (χ0) is 12.1. The third kappa shape index (κ3) is 3.65. The molecule has 3 unspecified atom stereocenters. The Morgan fingerprint density at radius 1 is 1.31 bits per heavy atom. The zero-order valence-corrected chi connectivity index (χ0v) is 11.4. The molecular formula is C13H24ClNO. The van der Waals surface area contributed by atoms with Crippen molar-refractivity contribution in [3.05, 3.63) is 0 Å². The van der Waals surface area contributed by atoms with Crippen LogP contribution < -0.4 is 5.32 Å². The third-order valence-corrected chi connectivity index (χ3v) is 4.15. The lowest BCUT2D eigenvalue weighted by Gasteiger charge is -2.35. The SMILES string of the molecule is CC(CCl)C(=O)NC1CCCCC1C(C)C. The van der Waals surface area contributed by atoms with Gasteiger partial charge >= 0.3 is 0 Å². The van der Waals surface area contributed by atoms with E-state index in [0.29, 0.717) is 23.8 Å². The maximum absolute atomic E-state index is 11.8. The van der Waals surface area contributed by atoms with Gasteiger partial charge in [-0.2, -0.15) is 0 Å². The van der Waals surface area contributed by atoms with E-state index >= 15 is 0 Å². The second-order valence-electron chi connectivity index (χ2n) is 5.36. The lowest BCUT2D eigenvalue weighted by atomic mass is 9.77. The predicted octanol–water partition coefficient (Wildman–Crippen LogP) is 3.19. The highest BCUT2D eigenvalue weighted by atomic mass is 35.5. The minimum absolute atomic E-state index is 0.0728. The van der Waals surface area contributed by atoms with E-state index in [-0.39, 0.29) is 11.8 Å². The summed E-state index contributed by atoms with van der Waals surface area (Å²) >= 11 is 5.70. The molecule has 0 aromatic rings. The Morgan fingerprint density at radius 3 is 2.50 bits per heavy atom. The smallest absolute Gasteiger partial charge is 0.224 e. The number of nitrogens with one attached hydrogen (secondary N) is 1. The maximum atomic E-state index is 11.8. The van der Waals surface area contributed by atoms with Crippen LogP contribution in [0.4, 0.5) is 0 Å². The minimum Gasteiger partial charge on any atom is -0.353 e. The summed E-state index contributed by atoms with van der Waals surface area (Å²) in [5.74, 6) is 1.74. The van der Waals surface area contributed by atoms with Crippen molar-refractivity contribution in [3.8, 4) is 0 Å². The van der Waals surface area contributed by atoms with Crippen LogP contribution in [0.3, 0.4) is 0 Å². The summed E-state index contributed by atoms with van der Waals surface area (Å²) in [4.78, 5) is 11.8. The van der Waals surface area contributed by atoms with E-state index in [1.165, 1.54) is 19.3 Å². The van der Waals surface area contributed by atoms with E-state index in [4.69, 9.17) is 11.6 Å². The van der Waals surface area contributed by atoms with E-state index in [0.717, 1.165) is 6.42 Å². The lowest BCUT2D eigenvalue weighted by molar-refractivity contribution is -0.125. The second-order valence-corrected chi connectivity index (χ2v) is 5.67. The van der Waals surface area contributed by atoms with Gasteiger partial charge in [-0.3, -0.25) is 4.79 Å². The van der Waals surface area contributed by atoms with Crippen molar-refractivity contribution in [2.45, 2.75) is 52.5 Å². The quantitative estimate of drug-likeness (QED) is 0.758. The molecule has 0 aliphatic heterocycles. The Bertz CT molecular complexity index is 230. The van der Waals surface area contributed by atoms with Gasteiger partial charge in [-0.15, -0.1) is 11.6 Å². The molecule has 0 saturated heterocycles. The average Bonchev–Trinajstić information content (AvgIpc) is 2.28. The number of hydrogen-bond donors (Lipinski definition) is 1. The Labute approximate surface area is 104 Å². The lowest BCUT2D eigenvalue weighted by Crippen LogP contribution is -2.46. The molecule has 1 saturated carbocycles. The van der Waals surface area contributed by atoms with Gasteiger partial charge in [0.15, 0.2) is 0 Å². The topological polar surface area (TPSA) is 29.1 Å². The number of halogens is 1. The van der Waals surface area contributed by atoms with Gasteiger partial charge < -0.3 is 5.32 Å². The number of alkyl halides is 1. The predicted molar refractivity (Wildman–Crippen MR) is 68.6 cm³/mol. The van der Waals surface area contributed by atoms with Crippen molar-refractivity contribution in [3.63, 3.8) is 0 Å². The van der Waals surface area contributed by atoms with Gasteiger partial charge in [0.05, 0.1) is 0 Å². The van der Waals surface area contributed by atoms with Crippen LogP contribution in [-0.4, -0.2) is 17.8 Å². The molecule has 1 aliphatic rings. The average molecular weight is 246 g/mol. The molecule has 0 bridgehead atoms. The third-order valence-electron chi connectivity index (χ3n) is 3.68. The van der Waals surface area contributed by atoms with Crippen LogP contribution in [0.15, 0.2) is 0 Å². The van der Waals surface area contributed by atoms with Crippen LogP contribution in [-0.2, 0) is 4.79 Å². The molecule has 2 nitrogen and oxygen atoms in total. The van der Waals surface area contributed by atoms with Crippen LogP contribution >= 0.6 is 11.6 Å².